The predicted octanol–water partition coefficient (Wildman–Crippen LogP) is 4.73. The molecule has 1 aromatic carbocycles. The van der Waals surface area contributed by atoms with Gasteiger partial charge in [-0.25, -0.2) is 9.98 Å². The summed E-state index contributed by atoms with van der Waals surface area (Å²) in [7, 11) is 0. The Labute approximate surface area is 185 Å². The first-order valence-corrected chi connectivity index (χ1v) is 9.47. The van der Waals surface area contributed by atoms with Crippen LogP contribution in [0.1, 0.15) is 39.2 Å². The van der Waals surface area contributed by atoms with E-state index < -0.39 is 0 Å². The Bertz CT molecular complexity index is 738. The highest BCUT2D eigenvalue weighted by Crippen LogP contribution is 2.32. The largest absolute Gasteiger partial charge is 0.490 e. The summed E-state index contributed by atoms with van der Waals surface area (Å²) < 4.78 is 11.8. The van der Waals surface area contributed by atoms with Gasteiger partial charge in [0.05, 0.1) is 13.2 Å². The van der Waals surface area contributed by atoms with Crippen LogP contribution in [0.4, 0.5) is 0 Å². The maximum atomic E-state index is 6.02. The van der Waals surface area contributed by atoms with E-state index in [2.05, 4.69) is 36.1 Å². The topological polar surface area (TPSA) is 81.8 Å². The summed E-state index contributed by atoms with van der Waals surface area (Å²) in [6, 6.07) is 11.4. The minimum Gasteiger partial charge on any atom is -0.490 e. The van der Waals surface area contributed by atoms with E-state index in [-0.39, 0.29) is 24.0 Å². The third kappa shape index (κ3) is 8.33. The maximum absolute atomic E-state index is 6.02. The summed E-state index contributed by atoms with van der Waals surface area (Å²) in [5, 5.41) is 3.13. The molecular formula is C21H31IN4O2. The molecule has 0 radical (unpaired) electrons. The van der Waals surface area contributed by atoms with Crippen molar-refractivity contribution in [1.82, 2.24) is 10.3 Å². The minimum atomic E-state index is 0. The van der Waals surface area contributed by atoms with Crippen LogP contribution in [0, 0.1) is 5.92 Å². The molecule has 0 amide bonds. The number of nitrogens with zero attached hydrogens (tertiary/aromatic N) is 2. The minimum absolute atomic E-state index is 0. The maximum Gasteiger partial charge on any atom is 0.224 e. The molecule has 3 N–H and O–H groups in total. The lowest BCUT2D eigenvalue weighted by atomic mass is 10.1. The summed E-state index contributed by atoms with van der Waals surface area (Å²) in [5.74, 6) is 2.90. The van der Waals surface area contributed by atoms with E-state index >= 15 is 0 Å². The Morgan fingerprint density at radius 1 is 1.18 bits per heavy atom. The van der Waals surface area contributed by atoms with Crippen LogP contribution in [0.5, 0.6) is 17.4 Å². The van der Waals surface area contributed by atoms with Gasteiger partial charge in [-0.15, -0.1) is 24.0 Å². The normalized spacial score (nSPS) is 11.1. The zero-order valence-electron chi connectivity index (χ0n) is 16.9. The molecule has 2 aromatic rings. The molecule has 0 saturated heterocycles. The fourth-order valence-corrected chi connectivity index (χ4v) is 2.32. The van der Waals surface area contributed by atoms with E-state index in [0.29, 0.717) is 42.4 Å². The first-order valence-electron chi connectivity index (χ1n) is 9.47. The van der Waals surface area contributed by atoms with Gasteiger partial charge in [-0.3, -0.25) is 0 Å². The standard InChI is InChI=1S/C21H30N4O2.HI/c1-4-14-26-18-9-5-6-10-19(18)27-20-17(8-7-12-23-20)15-25-21(22)24-13-11-16(2)3;/h5-10,12,16H,4,11,13-15H2,1-3H3,(H3,22,24,25);1H. The molecule has 7 heteroatoms. The highest BCUT2D eigenvalue weighted by Gasteiger charge is 2.10. The van der Waals surface area contributed by atoms with Gasteiger partial charge in [-0.1, -0.05) is 39.0 Å². The van der Waals surface area contributed by atoms with Gasteiger partial charge in [-0.2, -0.15) is 0 Å². The number of para-hydroxylation sites is 2. The first-order chi connectivity index (χ1) is 13.1. The van der Waals surface area contributed by atoms with Crippen LogP contribution in [0.3, 0.4) is 0 Å². The highest BCUT2D eigenvalue weighted by atomic mass is 127. The number of guanidine groups is 1. The molecule has 0 fully saturated rings. The Morgan fingerprint density at radius 3 is 2.64 bits per heavy atom. The van der Waals surface area contributed by atoms with Gasteiger partial charge in [-0.05, 0) is 37.0 Å². The molecular weight excluding hydrogens is 467 g/mol. The lowest BCUT2D eigenvalue weighted by molar-refractivity contribution is 0.300. The van der Waals surface area contributed by atoms with E-state index in [1.165, 1.54) is 0 Å². The molecule has 0 atom stereocenters. The second kappa shape index (κ2) is 13.2. The van der Waals surface area contributed by atoms with Crippen molar-refractivity contribution in [2.45, 2.75) is 40.2 Å². The van der Waals surface area contributed by atoms with Crippen LogP contribution in [0.15, 0.2) is 47.6 Å². The van der Waals surface area contributed by atoms with E-state index in [1.54, 1.807) is 6.20 Å². The number of hydrogen-bond donors (Lipinski definition) is 2. The SMILES string of the molecule is CCCOc1ccccc1Oc1ncccc1CN=C(N)NCCC(C)C.I. The lowest BCUT2D eigenvalue weighted by Crippen LogP contribution is -2.32. The smallest absolute Gasteiger partial charge is 0.224 e. The number of nitrogens with one attached hydrogen (secondary N) is 1. The molecule has 0 saturated carbocycles. The zero-order valence-corrected chi connectivity index (χ0v) is 19.2. The molecule has 1 heterocycles. The van der Waals surface area contributed by atoms with Crippen LogP contribution in [-0.2, 0) is 6.54 Å². The second-order valence-corrected chi connectivity index (χ2v) is 6.68. The van der Waals surface area contributed by atoms with Crippen molar-refractivity contribution in [3.05, 3.63) is 48.2 Å². The fraction of sp³-hybridized carbons (Fsp3) is 0.429. The van der Waals surface area contributed by atoms with E-state index in [0.717, 1.165) is 24.9 Å². The van der Waals surface area contributed by atoms with Gasteiger partial charge in [0.1, 0.15) is 0 Å². The Balaban J connectivity index is 0.00000392. The zero-order chi connectivity index (χ0) is 19.5. The number of aromatic nitrogens is 1. The van der Waals surface area contributed by atoms with E-state index in [9.17, 15) is 0 Å². The Morgan fingerprint density at radius 2 is 1.93 bits per heavy atom. The van der Waals surface area contributed by atoms with Gasteiger partial charge < -0.3 is 20.5 Å². The number of rotatable bonds is 10. The van der Waals surface area contributed by atoms with E-state index in [4.69, 9.17) is 15.2 Å². The van der Waals surface area contributed by atoms with E-state index in [1.807, 2.05) is 36.4 Å². The number of aliphatic imine (C=N–C) groups is 1. The van der Waals surface area contributed by atoms with Crippen LogP contribution in [-0.4, -0.2) is 24.1 Å². The fourth-order valence-electron chi connectivity index (χ4n) is 2.32. The van der Waals surface area contributed by atoms with Gasteiger partial charge in [0.2, 0.25) is 5.88 Å². The number of hydrogen-bond acceptors (Lipinski definition) is 4. The molecule has 154 valence electrons. The quantitative estimate of drug-likeness (QED) is 0.281. The van der Waals surface area contributed by atoms with Crippen molar-refractivity contribution in [2.75, 3.05) is 13.2 Å². The number of nitrogens with two attached hydrogens (primary N) is 1. The van der Waals surface area contributed by atoms with Gasteiger partial charge >= 0.3 is 0 Å². The molecule has 28 heavy (non-hydrogen) atoms. The van der Waals surface area contributed by atoms with Crippen LogP contribution in [0.2, 0.25) is 0 Å². The van der Waals surface area contributed by atoms with Gasteiger partial charge in [0.25, 0.3) is 0 Å². The molecule has 0 aliphatic carbocycles. The lowest BCUT2D eigenvalue weighted by Gasteiger charge is -2.13. The van der Waals surface area contributed by atoms with Crippen LogP contribution in [0.25, 0.3) is 0 Å². The molecule has 1 aromatic heterocycles. The second-order valence-electron chi connectivity index (χ2n) is 6.68. The molecule has 6 nitrogen and oxygen atoms in total. The van der Waals surface area contributed by atoms with Crippen molar-refractivity contribution < 1.29 is 9.47 Å². The van der Waals surface area contributed by atoms with Crippen molar-refractivity contribution in [2.24, 2.45) is 16.6 Å². The average molecular weight is 498 g/mol. The van der Waals surface area contributed by atoms with Crippen LogP contribution < -0.4 is 20.5 Å². The first kappa shape index (κ1) is 24.0. The van der Waals surface area contributed by atoms with Gasteiger partial charge in [0, 0.05) is 18.3 Å². The predicted molar refractivity (Wildman–Crippen MR) is 125 cm³/mol. The molecule has 2 rings (SSSR count). The number of pyridine rings is 1. The molecule has 0 aliphatic rings. The number of ether oxygens (including phenoxy) is 2. The average Bonchev–Trinajstić information content (AvgIpc) is 2.66. The Kier molecular flexibility index (Phi) is 11.3. The number of benzene rings is 1. The third-order valence-electron chi connectivity index (χ3n) is 3.81. The molecule has 0 spiro atoms. The number of halogens is 1. The van der Waals surface area contributed by atoms with Crippen molar-refractivity contribution in [1.29, 1.82) is 0 Å². The van der Waals surface area contributed by atoms with Crippen LogP contribution >= 0.6 is 24.0 Å². The summed E-state index contributed by atoms with van der Waals surface area (Å²) in [4.78, 5) is 8.75. The monoisotopic (exact) mass is 498 g/mol. The van der Waals surface area contributed by atoms with Crippen molar-refractivity contribution in [3.63, 3.8) is 0 Å². The molecule has 0 aliphatic heterocycles. The summed E-state index contributed by atoms with van der Waals surface area (Å²) in [5.41, 5.74) is 6.80. The van der Waals surface area contributed by atoms with Crippen molar-refractivity contribution in [3.8, 4) is 17.4 Å². The summed E-state index contributed by atoms with van der Waals surface area (Å²) in [6.45, 7) is 8.26. The molecule has 0 bridgehead atoms. The van der Waals surface area contributed by atoms with Crippen molar-refractivity contribution >= 4 is 29.9 Å². The highest BCUT2D eigenvalue weighted by molar-refractivity contribution is 14.0. The summed E-state index contributed by atoms with van der Waals surface area (Å²) >= 11 is 0. The summed E-state index contributed by atoms with van der Waals surface area (Å²) in [6.07, 6.45) is 3.68. The molecule has 0 unspecified atom stereocenters. The van der Waals surface area contributed by atoms with Gasteiger partial charge in [0.15, 0.2) is 17.5 Å². The third-order valence-corrected chi connectivity index (χ3v) is 3.81. The Hall–Kier alpha value is -2.03.